The fraction of sp³-hybridized carbons (Fsp3) is 0.538. The van der Waals surface area contributed by atoms with Crippen molar-refractivity contribution in [3.8, 4) is 5.75 Å². The highest BCUT2D eigenvalue weighted by Gasteiger charge is 2.40. The minimum atomic E-state index is -4.61. The fourth-order valence-corrected chi connectivity index (χ4v) is 2.25. The third-order valence-corrected chi connectivity index (χ3v) is 3.24. The molecule has 0 unspecified atom stereocenters. The second-order valence-corrected chi connectivity index (χ2v) is 4.87. The summed E-state index contributed by atoms with van der Waals surface area (Å²) in [6, 6.07) is 6.24. The molecule has 0 bridgehead atoms. The number of halogens is 3. The summed E-state index contributed by atoms with van der Waals surface area (Å²) >= 11 is 0. The Balaban J connectivity index is 2.00. The minimum Gasteiger partial charge on any atom is -0.406 e. The Hall–Kier alpha value is -1.19. The highest BCUT2D eigenvalue weighted by atomic mass is 19.4. The SMILES string of the molecule is CC(C)[C@H]1C[C@@H]1c1ccc(OC(F)(F)F)cc1. The first-order chi connectivity index (χ1) is 7.87. The van der Waals surface area contributed by atoms with Crippen molar-refractivity contribution in [2.45, 2.75) is 32.5 Å². The maximum Gasteiger partial charge on any atom is 0.573 e. The van der Waals surface area contributed by atoms with Crippen LogP contribution in [-0.2, 0) is 0 Å². The lowest BCUT2D eigenvalue weighted by atomic mass is 10.0. The van der Waals surface area contributed by atoms with Crippen LogP contribution in [0.15, 0.2) is 24.3 Å². The van der Waals surface area contributed by atoms with Crippen molar-refractivity contribution in [2.24, 2.45) is 11.8 Å². The van der Waals surface area contributed by atoms with Gasteiger partial charge in [0.25, 0.3) is 0 Å². The summed E-state index contributed by atoms with van der Waals surface area (Å²) in [5, 5.41) is 0. The summed E-state index contributed by atoms with van der Waals surface area (Å²) < 4.78 is 39.7. The zero-order valence-electron chi connectivity index (χ0n) is 9.79. The van der Waals surface area contributed by atoms with E-state index >= 15 is 0 Å². The van der Waals surface area contributed by atoms with E-state index in [9.17, 15) is 13.2 Å². The van der Waals surface area contributed by atoms with Gasteiger partial charge in [-0.2, -0.15) is 0 Å². The van der Waals surface area contributed by atoms with Gasteiger partial charge in [0.1, 0.15) is 5.75 Å². The molecule has 2 atom stereocenters. The second kappa shape index (κ2) is 4.24. The van der Waals surface area contributed by atoms with E-state index in [1.165, 1.54) is 12.1 Å². The molecule has 0 amide bonds. The van der Waals surface area contributed by atoms with Gasteiger partial charge in [-0.15, -0.1) is 13.2 Å². The third kappa shape index (κ3) is 3.14. The van der Waals surface area contributed by atoms with Crippen LogP contribution in [0.25, 0.3) is 0 Å². The van der Waals surface area contributed by atoms with Gasteiger partial charge in [0, 0.05) is 0 Å². The van der Waals surface area contributed by atoms with Gasteiger partial charge in [0.2, 0.25) is 0 Å². The second-order valence-electron chi connectivity index (χ2n) is 4.87. The lowest BCUT2D eigenvalue weighted by Crippen LogP contribution is -2.17. The third-order valence-electron chi connectivity index (χ3n) is 3.24. The molecule has 1 aliphatic rings. The molecule has 4 heteroatoms. The quantitative estimate of drug-likeness (QED) is 0.768. The molecule has 0 aromatic heterocycles. The van der Waals surface area contributed by atoms with Crippen molar-refractivity contribution in [1.29, 1.82) is 0 Å². The largest absolute Gasteiger partial charge is 0.573 e. The van der Waals surface area contributed by atoms with Gasteiger partial charge in [0.05, 0.1) is 0 Å². The zero-order chi connectivity index (χ0) is 12.6. The molecule has 1 aromatic rings. The number of ether oxygens (including phenoxy) is 1. The van der Waals surface area contributed by atoms with Gasteiger partial charge in [-0.3, -0.25) is 0 Å². The molecular formula is C13H15F3O. The van der Waals surface area contributed by atoms with Crippen molar-refractivity contribution in [3.05, 3.63) is 29.8 Å². The van der Waals surface area contributed by atoms with Gasteiger partial charge in [-0.1, -0.05) is 26.0 Å². The van der Waals surface area contributed by atoms with E-state index in [1.807, 2.05) is 0 Å². The van der Waals surface area contributed by atoms with E-state index in [0.717, 1.165) is 12.0 Å². The Labute approximate surface area is 98.6 Å². The number of benzene rings is 1. The summed E-state index contributed by atoms with van der Waals surface area (Å²) in [6.45, 7) is 4.34. The Bertz CT molecular complexity index is 381. The van der Waals surface area contributed by atoms with E-state index in [-0.39, 0.29) is 5.75 Å². The number of rotatable bonds is 3. The van der Waals surface area contributed by atoms with Crippen LogP contribution in [0.2, 0.25) is 0 Å². The van der Waals surface area contributed by atoms with E-state index < -0.39 is 6.36 Å². The minimum absolute atomic E-state index is 0.150. The van der Waals surface area contributed by atoms with Gasteiger partial charge in [-0.25, -0.2) is 0 Å². The summed E-state index contributed by atoms with van der Waals surface area (Å²) in [4.78, 5) is 0. The van der Waals surface area contributed by atoms with Gasteiger partial charge in [-0.05, 0) is 41.9 Å². The average Bonchev–Trinajstić information content (AvgIpc) is 2.96. The summed E-state index contributed by atoms with van der Waals surface area (Å²) in [5.74, 6) is 1.66. The van der Waals surface area contributed by atoms with Crippen LogP contribution in [0, 0.1) is 11.8 Å². The molecule has 0 radical (unpaired) electrons. The fourth-order valence-electron chi connectivity index (χ4n) is 2.25. The molecule has 1 saturated carbocycles. The molecule has 1 fully saturated rings. The molecule has 0 spiro atoms. The van der Waals surface area contributed by atoms with Crippen molar-refractivity contribution in [1.82, 2.24) is 0 Å². The molecule has 0 saturated heterocycles. The highest BCUT2D eigenvalue weighted by molar-refractivity contribution is 5.32. The molecule has 17 heavy (non-hydrogen) atoms. The summed E-state index contributed by atoms with van der Waals surface area (Å²) in [5.41, 5.74) is 1.11. The first-order valence-corrected chi connectivity index (χ1v) is 5.72. The average molecular weight is 244 g/mol. The van der Waals surface area contributed by atoms with Crippen LogP contribution in [0.1, 0.15) is 31.7 Å². The standard InChI is InChI=1S/C13H15F3O/c1-8(2)11-7-12(11)9-3-5-10(6-4-9)17-13(14,15)16/h3-6,8,11-12H,7H2,1-2H3/t11-,12-/m1/s1. The summed E-state index contributed by atoms with van der Waals surface area (Å²) in [6.07, 6.45) is -3.47. The van der Waals surface area contributed by atoms with Crippen LogP contribution in [0.3, 0.4) is 0 Å². The predicted molar refractivity (Wildman–Crippen MR) is 58.8 cm³/mol. The number of alkyl halides is 3. The van der Waals surface area contributed by atoms with Crippen LogP contribution >= 0.6 is 0 Å². The number of hydrogen-bond donors (Lipinski definition) is 0. The van der Waals surface area contributed by atoms with Crippen molar-refractivity contribution < 1.29 is 17.9 Å². The molecule has 2 rings (SSSR count). The molecule has 94 valence electrons. The van der Waals surface area contributed by atoms with Crippen molar-refractivity contribution in [3.63, 3.8) is 0 Å². The monoisotopic (exact) mass is 244 g/mol. The summed E-state index contributed by atoms with van der Waals surface area (Å²) in [7, 11) is 0. The lowest BCUT2D eigenvalue weighted by Gasteiger charge is -2.09. The zero-order valence-corrected chi connectivity index (χ0v) is 9.79. The Morgan fingerprint density at radius 2 is 1.76 bits per heavy atom. The molecule has 1 aliphatic carbocycles. The lowest BCUT2D eigenvalue weighted by molar-refractivity contribution is -0.274. The van der Waals surface area contributed by atoms with Gasteiger partial charge in [0.15, 0.2) is 0 Å². The van der Waals surface area contributed by atoms with Crippen LogP contribution < -0.4 is 4.74 Å². The Morgan fingerprint density at radius 3 is 2.18 bits per heavy atom. The van der Waals surface area contributed by atoms with Crippen LogP contribution in [0.4, 0.5) is 13.2 Å². The molecule has 1 nitrogen and oxygen atoms in total. The first kappa shape index (κ1) is 12.3. The van der Waals surface area contributed by atoms with Gasteiger partial charge < -0.3 is 4.74 Å². The molecule has 0 N–H and O–H groups in total. The smallest absolute Gasteiger partial charge is 0.406 e. The van der Waals surface area contributed by atoms with Crippen LogP contribution in [0.5, 0.6) is 5.75 Å². The molecule has 1 aromatic carbocycles. The maximum atomic E-state index is 12.0. The molecular weight excluding hydrogens is 229 g/mol. The maximum absolute atomic E-state index is 12.0. The molecule has 0 aliphatic heterocycles. The van der Waals surface area contributed by atoms with E-state index in [0.29, 0.717) is 17.8 Å². The predicted octanol–water partition coefficient (Wildman–Crippen LogP) is 4.34. The van der Waals surface area contributed by atoms with E-state index in [4.69, 9.17) is 0 Å². The normalized spacial score (nSPS) is 23.9. The van der Waals surface area contributed by atoms with Crippen molar-refractivity contribution in [2.75, 3.05) is 0 Å². The first-order valence-electron chi connectivity index (χ1n) is 5.72. The van der Waals surface area contributed by atoms with Gasteiger partial charge >= 0.3 is 6.36 Å². The Kier molecular flexibility index (Phi) is 3.06. The van der Waals surface area contributed by atoms with E-state index in [2.05, 4.69) is 18.6 Å². The highest BCUT2D eigenvalue weighted by Crippen LogP contribution is 2.51. The van der Waals surface area contributed by atoms with Crippen molar-refractivity contribution >= 4 is 0 Å². The van der Waals surface area contributed by atoms with E-state index in [1.54, 1.807) is 12.1 Å². The topological polar surface area (TPSA) is 9.23 Å². The Morgan fingerprint density at radius 1 is 1.18 bits per heavy atom. The molecule has 0 heterocycles. The van der Waals surface area contributed by atoms with Crippen LogP contribution in [-0.4, -0.2) is 6.36 Å². The number of hydrogen-bond acceptors (Lipinski definition) is 1.